The van der Waals surface area contributed by atoms with Gasteiger partial charge in [0.1, 0.15) is 0 Å². The molecule has 3 rings (SSSR count). The van der Waals surface area contributed by atoms with Gasteiger partial charge in [-0.15, -0.1) is 4.31 Å². The number of amides is 1. The minimum atomic E-state index is -3.88. The Balaban J connectivity index is 1.75. The second-order valence-electron chi connectivity index (χ2n) is 7.02. The molecule has 1 amide bonds. The highest BCUT2D eigenvalue weighted by molar-refractivity contribution is 7.95. The molecule has 0 N–H and O–H groups in total. The number of ether oxygens (including phenoxy) is 1. The summed E-state index contributed by atoms with van der Waals surface area (Å²) in [5, 5.41) is 0.117. The Hall–Kier alpha value is -1.91. The van der Waals surface area contributed by atoms with Gasteiger partial charge in [-0.1, -0.05) is 45.6 Å². The van der Waals surface area contributed by atoms with Gasteiger partial charge in [-0.3, -0.25) is 0 Å². The number of halogens is 3. The zero-order valence-electron chi connectivity index (χ0n) is 17.0. The first kappa shape index (κ1) is 23.7. The van der Waals surface area contributed by atoms with Crippen molar-refractivity contribution in [2.45, 2.75) is 11.4 Å². The van der Waals surface area contributed by atoms with Gasteiger partial charge in [-0.25, -0.2) is 9.18 Å². The average molecular weight is 490 g/mol. The van der Waals surface area contributed by atoms with Crippen LogP contribution in [0.25, 0.3) is 0 Å². The monoisotopic (exact) mass is 489 g/mol. The molecule has 1 heterocycles. The number of methoxy groups -OCH3 is 1. The van der Waals surface area contributed by atoms with E-state index in [1.165, 1.54) is 35.5 Å². The van der Waals surface area contributed by atoms with Crippen LogP contribution < -0.4 is 4.90 Å². The third-order valence-corrected chi connectivity index (χ3v) is 7.90. The molecule has 1 atom stereocenters. The number of piperazine rings is 1. The van der Waals surface area contributed by atoms with E-state index >= 15 is 4.39 Å². The van der Waals surface area contributed by atoms with Gasteiger partial charge < -0.3 is 19.1 Å². The highest BCUT2D eigenvalue weighted by atomic mass is 35.5. The molecule has 0 spiro atoms. The maximum absolute atomic E-state index is 15.1. The predicted octanol–water partition coefficient (Wildman–Crippen LogP) is 4.06. The zero-order chi connectivity index (χ0) is 22.8. The minimum absolute atomic E-state index is 0.0473. The SMILES string of the molecule is COC(=O)N(C)Cc1cccc(N2CCN([S+](=O)([O-])c3c(Cl)cccc3Cl)CC2)c1F. The van der Waals surface area contributed by atoms with Gasteiger partial charge in [-0.05, 0) is 18.2 Å². The van der Waals surface area contributed by atoms with Crippen molar-refractivity contribution in [3.05, 3.63) is 57.8 Å². The fourth-order valence-electron chi connectivity index (χ4n) is 3.44. The van der Waals surface area contributed by atoms with Crippen LogP contribution in [0.1, 0.15) is 5.56 Å². The van der Waals surface area contributed by atoms with E-state index in [4.69, 9.17) is 23.2 Å². The molecular formula is C20H22Cl2FN3O4S. The van der Waals surface area contributed by atoms with E-state index in [-0.39, 0.29) is 47.7 Å². The van der Waals surface area contributed by atoms with E-state index in [2.05, 4.69) is 4.74 Å². The first-order valence-electron chi connectivity index (χ1n) is 9.42. The fraction of sp³-hybridized carbons (Fsp3) is 0.350. The topological polar surface area (TPSA) is 76.2 Å². The Morgan fingerprint density at radius 2 is 1.74 bits per heavy atom. The number of carbonyl (C=O) groups excluding carboxylic acids is 1. The number of benzene rings is 2. The molecule has 31 heavy (non-hydrogen) atoms. The molecule has 1 saturated heterocycles. The summed E-state index contributed by atoms with van der Waals surface area (Å²) in [6.07, 6.45) is -0.568. The number of carbonyl (C=O) groups is 1. The Morgan fingerprint density at radius 3 is 2.32 bits per heavy atom. The number of rotatable bonds is 5. The Kier molecular flexibility index (Phi) is 7.43. The average Bonchev–Trinajstić information content (AvgIpc) is 2.74. The summed E-state index contributed by atoms with van der Waals surface area (Å²) in [5.74, 6) is -0.455. The molecule has 1 aliphatic heterocycles. The smallest absolute Gasteiger partial charge is 0.409 e. The van der Waals surface area contributed by atoms with Crippen molar-refractivity contribution < 1.29 is 22.7 Å². The standard InChI is InChI=1S/C20H22Cl2FN3O4S/c1-24(20(27)30-2)13-14-5-3-8-17(18(14)23)25-9-11-26(12-10-25)31(28,29)19-15(21)6-4-7-16(19)22/h3-8H,9-13H2,1-2H3. The van der Waals surface area contributed by atoms with Gasteiger partial charge in [0, 0.05) is 25.7 Å². The summed E-state index contributed by atoms with van der Waals surface area (Å²) in [6.45, 7) is 0.917. The molecule has 0 aromatic heterocycles. The maximum Gasteiger partial charge on any atom is 0.409 e. The molecule has 168 valence electrons. The van der Waals surface area contributed by atoms with Crippen LogP contribution in [0.15, 0.2) is 41.3 Å². The van der Waals surface area contributed by atoms with Gasteiger partial charge in [-0.2, -0.15) is 0 Å². The van der Waals surface area contributed by atoms with Crippen LogP contribution in [0.5, 0.6) is 0 Å². The summed E-state index contributed by atoms with van der Waals surface area (Å²) in [7, 11) is -1.11. The van der Waals surface area contributed by atoms with Crippen LogP contribution in [0.3, 0.4) is 0 Å². The normalized spacial score (nSPS) is 16.6. The molecule has 11 heteroatoms. The van der Waals surface area contributed by atoms with Crippen LogP contribution in [-0.2, 0) is 25.9 Å². The van der Waals surface area contributed by atoms with E-state index in [0.717, 1.165) is 0 Å². The number of hydrogen-bond acceptors (Lipinski definition) is 5. The maximum atomic E-state index is 15.1. The first-order chi connectivity index (χ1) is 14.7. The van der Waals surface area contributed by atoms with Crippen LogP contribution in [0.2, 0.25) is 10.0 Å². The fourth-order valence-corrected chi connectivity index (χ4v) is 5.95. The molecule has 0 saturated carbocycles. The summed E-state index contributed by atoms with van der Waals surface area (Å²) in [4.78, 5) is 14.5. The van der Waals surface area contributed by atoms with E-state index in [1.807, 2.05) is 0 Å². The van der Waals surface area contributed by atoms with Crippen LogP contribution >= 0.6 is 23.2 Å². The van der Waals surface area contributed by atoms with E-state index < -0.39 is 22.3 Å². The van der Waals surface area contributed by atoms with Crippen molar-refractivity contribution in [2.24, 2.45) is 0 Å². The highest BCUT2D eigenvalue weighted by Gasteiger charge is 2.37. The molecule has 1 aliphatic rings. The number of sulfonamides is 1. The third-order valence-electron chi connectivity index (χ3n) is 5.05. The molecule has 1 fully saturated rings. The summed E-state index contributed by atoms with van der Waals surface area (Å²) < 4.78 is 47.1. The lowest BCUT2D eigenvalue weighted by atomic mass is 10.1. The number of anilines is 1. The largest absolute Gasteiger partial charge is 0.593 e. The van der Waals surface area contributed by atoms with Gasteiger partial charge in [0.05, 0.1) is 42.5 Å². The molecule has 2 aromatic carbocycles. The summed E-state index contributed by atoms with van der Waals surface area (Å²) in [6, 6.07) is 9.45. The van der Waals surface area contributed by atoms with Gasteiger partial charge >= 0.3 is 6.09 Å². The minimum Gasteiger partial charge on any atom is -0.593 e. The molecule has 0 aliphatic carbocycles. The van der Waals surface area contributed by atoms with Gasteiger partial charge in [0.25, 0.3) is 0 Å². The van der Waals surface area contributed by atoms with E-state index in [9.17, 15) is 13.6 Å². The molecule has 1 unspecified atom stereocenters. The molecule has 7 nitrogen and oxygen atoms in total. The molecular weight excluding hydrogens is 468 g/mol. The van der Waals surface area contributed by atoms with Crippen LogP contribution in [-0.4, -0.2) is 60.2 Å². The number of hydrogen-bond donors (Lipinski definition) is 0. The van der Waals surface area contributed by atoms with Crippen molar-refractivity contribution in [3.8, 4) is 0 Å². The van der Waals surface area contributed by atoms with Crippen molar-refractivity contribution in [2.75, 3.05) is 45.2 Å². The van der Waals surface area contributed by atoms with Crippen molar-refractivity contribution in [1.29, 1.82) is 0 Å². The van der Waals surface area contributed by atoms with Crippen LogP contribution in [0.4, 0.5) is 14.9 Å². The lowest BCUT2D eigenvalue weighted by Crippen LogP contribution is -2.51. The summed E-state index contributed by atoms with van der Waals surface area (Å²) >= 11 is 12.2. The lowest BCUT2D eigenvalue weighted by Gasteiger charge is -2.37. The Labute approximate surface area is 191 Å². The van der Waals surface area contributed by atoms with Gasteiger partial charge in [0.15, 0.2) is 16.2 Å². The van der Waals surface area contributed by atoms with Gasteiger partial charge in [0.2, 0.25) is 4.90 Å². The van der Waals surface area contributed by atoms with Crippen molar-refractivity contribution >= 4 is 45.4 Å². The Morgan fingerprint density at radius 1 is 1.16 bits per heavy atom. The van der Waals surface area contributed by atoms with E-state index in [1.54, 1.807) is 29.2 Å². The van der Waals surface area contributed by atoms with Crippen LogP contribution in [0, 0.1) is 5.82 Å². The predicted molar refractivity (Wildman–Crippen MR) is 118 cm³/mol. The van der Waals surface area contributed by atoms with Crippen molar-refractivity contribution in [1.82, 2.24) is 9.21 Å². The quantitative estimate of drug-likeness (QED) is 0.591. The zero-order valence-corrected chi connectivity index (χ0v) is 19.3. The Bertz CT molecular complexity index is 998. The second kappa shape index (κ2) is 9.70. The molecule has 0 bridgehead atoms. The molecule has 0 radical (unpaired) electrons. The summed E-state index contributed by atoms with van der Waals surface area (Å²) in [5.41, 5.74) is 0.687. The van der Waals surface area contributed by atoms with Crippen molar-refractivity contribution in [3.63, 3.8) is 0 Å². The van der Waals surface area contributed by atoms with E-state index in [0.29, 0.717) is 11.3 Å². The molecule has 2 aromatic rings. The highest BCUT2D eigenvalue weighted by Crippen LogP contribution is 2.35. The second-order valence-corrected chi connectivity index (χ2v) is 9.71. The lowest BCUT2D eigenvalue weighted by molar-refractivity contribution is 0.131. The number of nitrogens with zero attached hydrogens (tertiary/aromatic N) is 3. The first-order valence-corrected chi connectivity index (χ1v) is 11.6. The third kappa shape index (κ3) is 4.96.